The molecule has 3 aromatic rings. The Balaban J connectivity index is 1.74. The predicted molar refractivity (Wildman–Crippen MR) is 85.5 cm³/mol. The molecule has 0 saturated carbocycles. The molecule has 1 heterocycles. The Labute approximate surface area is 136 Å². The first-order chi connectivity index (χ1) is 10.8. The zero-order valence-electron chi connectivity index (χ0n) is 11.4. The summed E-state index contributed by atoms with van der Waals surface area (Å²) >= 11 is 7.35. The van der Waals surface area contributed by atoms with Crippen molar-refractivity contribution >= 4 is 23.4 Å². The fourth-order valence-electron chi connectivity index (χ4n) is 1.90. The highest BCUT2D eigenvalue weighted by Gasteiger charge is 2.10. The molecule has 0 amide bonds. The summed E-state index contributed by atoms with van der Waals surface area (Å²) in [7, 11) is 0. The van der Waals surface area contributed by atoms with Crippen LogP contribution in [0.15, 0.2) is 58.2 Å². The maximum absolute atomic E-state index is 9.07. The molecule has 6 heteroatoms. The number of halogens is 1. The van der Waals surface area contributed by atoms with Gasteiger partial charge in [0.15, 0.2) is 0 Å². The van der Waals surface area contributed by atoms with E-state index < -0.39 is 0 Å². The quantitative estimate of drug-likeness (QED) is 0.657. The molecule has 22 heavy (non-hydrogen) atoms. The molecule has 0 radical (unpaired) electrons. The average Bonchev–Trinajstić information content (AvgIpc) is 3.02. The van der Waals surface area contributed by atoms with Crippen LogP contribution in [0.4, 0.5) is 0 Å². The highest BCUT2D eigenvalue weighted by molar-refractivity contribution is 7.98. The minimum atomic E-state index is 0.429. The normalized spacial score (nSPS) is 10.4. The van der Waals surface area contributed by atoms with E-state index in [1.54, 1.807) is 18.2 Å². The number of nitriles is 1. The molecule has 0 aliphatic rings. The van der Waals surface area contributed by atoms with Crippen molar-refractivity contribution in [1.82, 2.24) is 10.2 Å². The maximum atomic E-state index is 9.07. The Morgan fingerprint density at radius 1 is 1.14 bits per heavy atom. The molecule has 4 nitrogen and oxygen atoms in total. The van der Waals surface area contributed by atoms with E-state index in [9.17, 15) is 0 Å². The number of nitrogens with zero attached hydrogens (tertiary/aromatic N) is 3. The summed E-state index contributed by atoms with van der Waals surface area (Å²) in [5.74, 6) is 1.03. The third kappa shape index (κ3) is 3.30. The lowest BCUT2D eigenvalue weighted by Crippen LogP contribution is -1.86. The third-order valence-electron chi connectivity index (χ3n) is 2.97. The molecule has 0 fully saturated rings. The number of hydrogen-bond donors (Lipinski definition) is 0. The molecule has 0 aliphatic carbocycles. The smallest absolute Gasteiger partial charge is 0.277 e. The standard InChI is InChI=1S/C16H10ClN3OS/c17-14-7-3-6-11(8-14)15-19-20-16(21-15)22-10-13-5-2-1-4-12(13)9-18/h1-8H,10H2. The molecular weight excluding hydrogens is 318 g/mol. The highest BCUT2D eigenvalue weighted by atomic mass is 35.5. The first-order valence-electron chi connectivity index (χ1n) is 6.46. The fraction of sp³-hybridized carbons (Fsp3) is 0.0625. The molecule has 3 rings (SSSR count). The van der Waals surface area contributed by atoms with Gasteiger partial charge >= 0.3 is 0 Å². The monoisotopic (exact) mass is 327 g/mol. The molecule has 0 bridgehead atoms. The fourth-order valence-corrected chi connectivity index (χ4v) is 2.86. The average molecular weight is 328 g/mol. The van der Waals surface area contributed by atoms with E-state index in [0.29, 0.717) is 27.5 Å². The molecule has 0 aliphatic heterocycles. The lowest BCUT2D eigenvalue weighted by atomic mass is 10.1. The summed E-state index contributed by atoms with van der Waals surface area (Å²) in [5, 5.41) is 18.2. The van der Waals surface area contributed by atoms with Crippen LogP contribution >= 0.6 is 23.4 Å². The Bertz CT molecular complexity index is 841. The Hall–Kier alpha value is -2.29. The molecule has 2 aromatic carbocycles. The van der Waals surface area contributed by atoms with Gasteiger partial charge in [-0.05, 0) is 29.8 Å². The van der Waals surface area contributed by atoms with Crippen molar-refractivity contribution in [2.75, 3.05) is 0 Å². The largest absolute Gasteiger partial charge is 0.411 e. The van der Waals surface area contributed by atoms with Gasteiger partial charge < -0.3 is 4.42 Å². The number of aromatic nitrogens is 2. The van der Waals surface area contributed by atoms with Crippen LogP contribution in [0.25, 0.3) is 11.5 Å². The second-order valence-electron chi connectivity index (χ2n) is 4.44. The van der Waals surface area contributed by atoms with Crippen molar-refractivity contribution in [2.24, 2.45) is 0 Å². The van der Waals surface area contributed by atoms with Crippen LogP contribution in [0.3, 0.4) is 0 Å². The summed E-state index contributed by atoms with van der Waals surface area (Å²) in [6.07, 6.45) is 0. The van der Waals surface area contributed by atoms with Gasteiger partial charge in [-0.2, -0.15) is 5.26 Å². The highest BCUT2D eigenvalue weighted by Crippen LogP contribution is 2.27. The van der Waals surface area contributed by atoms with Gasteiger partial charge in [-0.3, -0.25) is 0 Å². The first kappa shape index (κ1) is 14.6. The van der Waals surface area contributed by atoms with Crippen molar-refractivity contribution < 1.29 is 4.42 Å². The van der Waals surface area contributed by atoms with Crippen molar-refractivity contribution in [3.8, 4) is 17.5 Å². The van der Waals surface area contributed by atoms with E-state index in [1.165, 1.54) is 11.8 Å². The summed E-state index contributed by atoms with van der Waals surface area (Å²) in [5.41, 5.74) is 2.38. The van der Waals surface area contributed by atoms with E-state index in [1.807, 2.05) is 30.3 Å². The minimum Gasteiger partial charge on any atom is -0.411 e. The van der Waals surface area contributed by atoms with E-state index >= 15 is 0 Å². The molecule has 1 aromatic heterocycles. The molecular formula is C16H10ClN3OS. The third-order valence-corrected chi connectivity index (χ3v) is 4.07. The van der Waals surface area contributed by atoms with Crippen molar-refractivity contribution in [3.05, 3.63) is 64.7 Å². The number of thioether (sulfide) groups is 1. The molecule has 0 saturated heterocycles. The van der Waals surface area contributed by atoms with Crippen molar-refractivity contribution in [1.29, 1.82) is 5.26 Å². The van der Waals surface area contributed by atoms with Gasteiger partial charge in [0.2, 0.25) is 5.89 Å². The van der Waals surface area contributed by atoms with Gasteiger partial charge in [-0.25, -0.2) is 0 Å². The SMILES string of the molecule is N#Cc1ccccc1CSc1nnc(-c2cccc(Cl)c2)o1. The second-order valence-corrected chi connectivity index (χ2v) is 5.80. The van der Waals surface area contributed by atoms with Crippen LogP contribution < -0.4 is 0 Å². The summed E-state index contributed by atoms with van der Waals surface area (Å²) in [6.45, 7) is 0. The van der Waals surface area contributed by atoms with Gasteiger partial charge in [-0.1, -0.05) is 47.6 Å². The van der Waals surface area contributed by atoms with Gasteiger partial charge in [0, 0.05) is 16.3 Å². The lowest BCUT2D eigenvalue weighted by Gasteiger charge is -2.00. The minimum absolute atomic E-state index is 0.429. The van der Waals surface area contributed by atoms with Crippen LogP contribution in [-0.4, -0.2) is 10.2 Å². The van der Waals surface area contributed by atoms with E-state index in [-0.39, 0.29) is 0 Å². The van der Waals surface area contributed by atoms with Gasteiger partial charge in [0.05, 0.1) is 11.6 Å². The van der Waals surface area contributed by atoms with E-state index in [2.05, 4.69) is 16.3 Å². The van der Waals surface area contributed by atoms with Gasteiger partial charge in [0.25, 0.3) is 5.22 Å². The molecule has 108 valence electrons. The Morgan fingerprint density at radius 3 is 2.82 bits per heavy atom. The first-order valence-corrected chi connectivity index (χ1v) is 7.83. The van der Waals surface area contributed by atoms with Gasteiger partial charge in [-0.15, -0.1) is 10.2 Å². The lowest BCUT2D eigenvalue weighted by molar-refractivity contribution is 0.466. The number of rotatable bonds is 4. The van der Waals surface area contributed by atoms with Crippen LogP contribution in [0, 0.1) is 11.3 Å². The van der Waals surface area contributed by atoms with Crippen molar-refractivity contribution in [2.45, 2.75) is 11.0 Å². The zero-order valence-corrected chi connectivity index (χ0v) is 12.9. The summed E-state index contributed by atoms with van der Waals surface area (Å²) < 4.78 is 5.62. The molecule has 0 N–H and O–H groups in total. The van der Waals surface area contributed by atoms with Crippen molar-refractivity contribution in [3.63, 3.8) is 0 Å². The summed E-state index contributed by atoms with van der Waals surface area (Å²) in [6, 6.07) is 16.9. The molecule has 0 atom stereocenters. The van der Waals surface area contributed by atoms with E-state index in [0.717, 1.165) is 11.1 Å². The topological polar surface area (TPSA) is 62.7 Å². The van der Waals surface area contributed by atoms with Gasteiger partial charge in [0.1, 0.15) is 0 Å². The van der Waals surface area contributed by atoms with Crippen LogP contribution in [0.5, 0.6) is 0 Å². The maximum Gasteiger partial charge on any atom is 0.277 e. The zero-order chi connectivity index (χ0) is 15.4. The number of hydrogen-bond acceptors (Lipinski definition) is 5. The van der Waals surface area contributed by atoms with Crippen LogP contribution in [0.1, 0.15) is 11.1 Å². The van der Waals surface area contributed by atoms with E-state index in [4.69, 9.17) is 21.3 Å². The number of benzene rings is 2. The molecule has 0 spiro atoms. The summed E-state index contributed by atoms with van der Waals surface area (Å²) in [4.78, 5) is 0. The molecule has 0 unspecified atom stereocenters. The predicted octanol–water partition coefficient (Wildman–Crippen LogP) is 4.55. The Morgan fingerprint density at radius 2 is 2.00 bits per heavy atom. The Kier molecular flexibility index (Phi) is 4.42. The van der Waals surface area contributed by atoms with Crippen LogP contribution in [-0.2, 0) is 5.75 Å². The second kappa shape index (κ2) is 6.65. The van der Waals surface area contributed by atoms with Crippen LogP contribution in [0.2, 0.25) is 5.02 Å².